The highest BCUT2D eigenvalue weighted by Gasteiger charge is 2.22. The van der Waals surface area contributed by atoms with Gasteiger partial charge < -0.3 is 9.67 Å². The molecule has 0 saturated heterocycles. The van der Waals surface area contributed by atoms with Crippen LogP contribution in [0.15, 0.2) is 17.2 Å². The van der Waals surface area contributed by atoms with E-state index in [1.807, 2.05) is 13.8 Å². The van der Waals surface area contributed by atoms with Gasteiger partial charge in [0.1, 0.15) is 10.6 Å². The minimum atomic E-state index is -3.67. The molecule has 6 nitrogen and oxygen atoms in total. The SMILES string of the molecule is CC(C)C(C)NS(=O)(=O)c1cc(C(=O)O)n(C)c1. The maximum atomic E-state index is 12.0. The van der Waals surface area contributed by atoms with Crippen molar-refractivity contribution in [2.75, 3.05) is 0 Å². The molecule has 2 N–H and O–H groups in total. The summed E-state index contributed by atoms with van der Waals surface area (Å²) in [4.78, 5) is 10.8. The van der Waals surface area contributed by atoms with Gasteiger partial charge in [-0.15, -0.1) is 0 Å². The molecule has 0 amide bonds. The average Bonchev–Trinajstić information content (AvgIpc) is 2.60. The monoisotopic (exact) mass is 274 g/mol. The molecule has 0 bridgehead atoms. The van der Waals surface area contributed by atoms with Crippen molar-refractivity contribution in [2.45, 2.75) is 31.7 Å². The minimum absolute atomic E-state index is 0.0325. The predicted octanol–water partition coefficient (Wildman–Crippen LogP) is 1.05. The van der Waals surface area contributed by atoms with Gasteiger partial charge in [-0.2, -0.15) is 0 Å². The molecular formula is C11H18N2O4S. The summed E-state index contributed by atoms with van der Waals surface area (Å²) in [6.45, 7) is 5.57. The zero-order chi connectivity index (χ0) is 14.1. The van der Waals surface area contributed by atoms with E-state index in [1.165, 1.54) is 17.8 Å². The van der Waals surface area contributed by atoms with Crippen LogP contribution in [0.1, 0.15) is 31.3 Å². The third-order valence-corrected chi connectivity index (χ3v) is 4.38. The van der Waals surface area contributed by atoms with E-state index in [0.29, 0.717) is 0 Å². The van der Waals surface area contributed by atoms with E-state index >= 15 is 0 Å². The molecule has 0 radical (unpaired) electrons. The van der Waals surface area contributed by atoms with Crippen LogP contribution in [0.3, 0.4) is 0 Å². The summed E-state index contributed by atoms with van der Waals surface area (Å²) in [6.07, 6.45) is 1.29. The molecule has 1 atom stereocenters. The highest BCUT2D eigenvalue weighted by atomic mass is 32.2. The molecule has 0 aliphatic heterocycles. The Labute approximate surface area is 107 Å². The zero-order valence-corrected chi connectivity index (χ0v) is 11.7. The van der Waals surface area contributed by atoms with Crippen molar-refractivity contribution >= 4 is 16.0 Å². The Kier molecular flexibility index (Phi) is 4.18. The molecule has 1 aromatic heterocycles. The maximum absolute atomic E-state index is 12.0. The van der Waals surface area contributed by atoms with Crippen LogP contribution in [-0.4, -0.2) is 30.1 Å². The summed E-state index contributed by atoms with van der Waals surface area (Å²) in [5.74, 6) is -1.00. The normalized spacial score (nSPS) is 13.8. The lowest BCUT2D eigenvalue weighted by atomic mass is 10.1. The lowest BCUT2D eigenvalue weighted by molar-refractivity contribution is 0.0686. The quantitative estimate of drug-likeness (QED) is 0.840. The first kappa shape index (κ1) is 14.7. The number of carboxylic acid groups (broad SMARTS) is 1. The highest BCUT2D eigenvalue weighted by molar-refractivity contribution is 7.89. The van der Waals surface area contributed by atoms with Crippen LogP contribution in [0.5, 0.6) is 0 Å². The number of hydrogen-bond acceptors (Lipinski definition) is 3. The molecule has 102 valence electrons. The zero-order valence-electron chi connectivity index (χ0n) is 10.8. The van der Waals surface area contributed by atoms with Gasteiger partial charge in [0, 0.05) is 19.3 Å². The standard InChI is InChI=1S/C11H18N2O4S/c1-7(2)8(3)12-18(16,17)9-5-10(11(14)15)13(4)6-9/h5-8,12H,1-4H3,(H,14,15). The second kappa shape index (κ2) is 5.11. The van der Waals surface area contributed by atoms with Gasteiger partial charge in [0.05, 0.1) is 0 Å². The van der Waals surface area contributed by atoms with Gasteiger partial charge in [0.2, 0.25) is 10.0 Å². The minimum Gasteiger partial charge on any atom is -0.477 e. The molecule has 1 aromatic rings. The Morgan fingerprint density at radius 2 is 1.94 bits per heavy atom. The number of aromatic carboxylic acids is 1. The summed E-state index contributed by atoms with van der Waals surface area (Å²) in [5.41, 5.74) is -0.0624. The van der Waals surface area contributed by atoms with Crippen molar-refractivity contribution in [3.05, 3.63) is 18.0 Å². The number of aromatic nitrogens is 1. The molecule has 0 aliphatic rings. The number of carbonyl (C=O) groups is 1. The number of hydrogen-bond donors (Lipinski definition) is 2. The van der Waals surface area contributed by atoms with Crippen molar-refractivity contribution < 1.29 is 18.3 Å². The third kappa shape index (κ3) is 3.11. The molecule has 1 heterocycles. The number of aryl methyl sites for hydroxylation is 1. The van der Waals surface area contributed by atoms with Gasteiger partial charge in [0.25, 0.3) is 0 Å². The van der Waals surface area contributed by atoms with Crippen LogP contribution in [0.2, 0.25) is 0 Å². The Morgan fingerprint density at radius 1 is 1.39 bits per heavy atom. The summed E-state index contributed by atoms with van der Waals surface area (Å²) in [7, 11) is -2.18. The van der Waals surface area contributed by atoms with Crippen molar-refractivity contribution in [1.29, 1.82) is 0 Å². The number of rotatable bonds is 5. The maximum Gasteiger partial charge on any atom is 0.352 e. The molecule has 18 heavy (non-hydrogen) atoms. The summed E-state index contributed by atoms with van der Waals surface area (Å²) < 4.78 is 27.8. The van der Waals surface area contributed by atoms with Gasteiger partial charge in [-0.05, 0) is 18.9 Å². The second-order valence-electron chi connectivity index (χ2n) is 4.63. The number of nitrogens with one attached hydrogen (secondary N) is 1. The lowest BCUT2D eigenvalue weighted by Crippen LogP contribution is -2.35. The van der Waals surface area contributed by atoms with Crippen molar-refractivity contribution in [3.63, 3.8) is 0 Å². The Bertz CT molecular complexity index is 545. The Morgan fingerprint density at radius 3 is 2.33 bits per heavy atom. The highest BCUT2D eigenvalue weighted by Crippen LogP contribution is 2.15. The van der Waals surface area contributed by atoms with Crippen molar-refractivity contribution in [3.8, 4) is 0 Å². The summed E-state index contributed by atoms with van der Waals surface area (Å²) >= 11 is 0. The fraction of sp³-hybridized carbons (Fsp3) is 0.545. The smallest absolute Gasteiger partial charge is 0.352 e. The van der Waals surface area contributed by atoms with E-state index in [4.69, 9.17) is 5.11 Å². The van der Waals surface area contributed by atoms with Gasteiger partial charge in [0.15, 0.2) is 0 Å². The molecular weight excluding hydrogens is 256 g/mol. The first-order valence-corrected chi connectivity index (χ1v) is 7.05. The van der Waals surface area contributed by atoms with E-state index in [-0.39, 0.29) is 22.5 Å². The molecule has 0 spiro atoms. The molecule has 7 heteroatoms. The van der Waals surface area contributed by atoms with Crippen LogP contribution in [0.4, 0.5) is 0 Å². The molecule has 1 unspecified atom stereocenters. The van der Waals surface area contributed by atoms with Crippen molar-refractivity contribution in [1.82, 2.24) is 9.29 Å². The first-order chi connectivity index (χ1) is 8.15. The number of sulfonamides is 1. The topological polar surface area (TPSA) is 88.4 Å². The predicted molar refractivity (Wildman–Crippen MR) is 67.0 cm³/mol. The van der Waals surface area contributed by atoms with Crippen LogP contribution in [-0.2, 0) is 17.1 Å². The van der Waals surface area contributed by atoms with Crippen LogP contribution in [0.25, 0.3) is 0 Å². The molecule has 0 aliphatic carbocycles. The van der Waals surface area contributed by atoms with E-state index in [9.17, 15) is 13.2 Å². The first-order valence-electron chi connectivity index (χ1n) is 5.57. The van der Waals surface area contributed by atoms with E-state index in [0.717, 1.165) is 6.07 Å². The molecule has 0 aromatic carbocycles. The van der Waals surface area contributed by atoms with Gasteiger partial charge in [-0.3, -0.25) is 0 Å². The molecule has 0 fully saturated rings. The number of carboxylic acids is 1. The van der Waals surface area contributed by atoms with Gasteiger partial charge in [-0.25, -0.2) is 17.9 Å². The second-order valence-corrected chi connectivity index (χ2v) is 6.35. The third-order valence-electron chi connectivity index (χ3n) is 2.85. The fourth-order valence-electron chi connectivity index (χ4n) is 1.34. The largest absolute Gasteiger partial charge is 0.477 e. The van der Waals surface area contributed by atoms with E-state index < -0.39 is 16.0 Å². The number of nitrogens with zero attached hydrogens (tertiary/aromatic N) is 1. The summed E-state index contributed by atoms with van der Waals surface area (Å²) in [6, 6.07) is 0.932. The van der Waals surface area contributed by atoms with Crippen molar-refractivity contribution in [2.24, 2.45) is 13.0 Å². The fourth-order valence-corrected chi connectivity index (χ4v) is 2.80. The van der Waals surface area contributed by atoms with E-state index in [2.05, 4.69) is 4.72 Å². The van der Waals surface area contributed by atoms with E-state index in [1.54, 1.807) is 6.92 Å². The van der Waals surface area contributed by atoms with Gasteiger partial charge in [-0.1, -0.05) is 13.8 Å². The van der Waals surface area contributed by atoms with Crippen LogP contribution < -0.4 is 4.72 Å². The summed E-state index contributed by atoms with van der Waals surface area (Å²) in [5, 5.41) is 8.88. The van der Waals surface area contributed by atoms with Crippen LogP contribution >= 0.6 is 0 Å². The molecule has 0 saturated carbocycles. The van der Waals surface area contributed by atoms with Crippen LogP contribution in [0, 0.1) is 5.92 Å². The average molecular weight is 274 g/mol. The lowest BCUT2D eigenvalue weighted by Gasteiger charge is -2.16. The van der Waals surface area contributed by atoms with Gasteiger partial charge >= 0.3 is 5.97 Å². The molecule has 1 rings (SSSR count). The Hall–Kier alpha value is -1.34. The Balaban J connectivity index is 3.06.